The Hall–Kier alpha value is -4.13. The molecule has 2 aromatic heterocycles. The molecule has 1 aliphatic rings. The Morgan fingerprint density at radius 1 is 1.06 bits per heavy atom. The minimum absolute atomic E-state index is 0.177. The molecule has 0 spiro atoms. The van der Waals surface area contributed by atoms with E-state index in [0.29, 0.717) is 35.6 Å². The van der Waals surface area contributed by atoms with E-state index in [1.54, 1.807) is 43.6 Å². The van der Waals surface area contributed by atoms with Crippen molar-refractivity contribution in [2.24, 2.45) is 0 Å². The zero-order valence-electron chi connectivity index (χ0n) is 20.2. The number of carbonyl (C=O) groups is 1. The number of hydrogen-bond donors (Lipinski definition) is 1. The molecule has 0 saturated carbocycles. The summed E-state index contributed by atoms with van der Waals surface area (Å²) in [5, 5.41) is 0.929. The fourth-order valence-corrected chi connectivity index (χ4v) is 5.06. The monoisotopic (exact) mass is 469 g/mol. The van der Waals surface area contributed by atoms with Gasteiger partial charge in [0.2, 0.25) is 0 Å². The highest BCUT2D eigenvalue weighted by atomic mass is 16.5. The smallest absolute Gasteiger partial charge is 0.256 e. The van der Waals surface area contributed by atoms with Crippen molar-refractivity contribution >= 4 is 16.8 Å². The van der Waals surface area contributed by atoms with Gasteiger partial charge >= 0.3 is 0 Å². The van der Waals surface area contributed by atoms with Crippen molar-refractivity contribution < 1.29 is 14.3 Å². The summed E-state index contributed by atoms with van der Waals surface area (Å²) < 4.78 is 11.1. The zero-order valence-corrected chi connectivity index (χ0v) is 20.2. The molecule has 1 unspecified atom stereocenters. The lowest BCUT2D eigenvalue weighted by atomic mass is 9.87. The summed E-state index contributed by atoms with van der Waals surface area (Å²) in [6.07, 6.45) is 3.82. The zero-order chi connectivity index (χ0) is 24.7. The van der Waals surface area contributed by atoms with E-state index in [-0.39, 0.29) is 11.5 Å². The fraction of sp³-hybridized carbons (Fsp3) is 0.250. The third kappa shape index (κ3) is 3.93. The topological polar surface area (TPSA) is 84.5 Å². The van der Waals surface area contributed by atoms with Crippen LogP contribution in [0.25, 0.3) is 10.9 Å². The highest BCUT2D eigenvalue weighted by molar-refractivity contribution is 5.95. The maximum absolute atomic E-state index is 13.7. The number of ether oxygens (including phenoxy) is 2. The first kappa shape index (κ1) is 22.7. The number of nitrogens with zero attached hydrogens (tertiary/aromatic N) is 2. The van der Waals surface area contributed by atoms with Gasteiger partial charge in [-0.3, -0.25) is 14.6 Å². The summed E-state index contributed by atoms with van der Waals surface area (Å²) in [6, 6.07) is 12.7. The van der Waals surface area contributed by atoms with Crippen LogP contribution in [0.5, 0.6) is 11.5 Å². The van der Waals surface area contributed by atoms with E-state index in [4.69, 9.17) is 9.47 Å². The molecule has 0 saturated heterocycles. The van der Waals surface area contributed by atoms with E-state index in [9.17, 15) is 9.59 Å². The molecule has 178 valence electrons. The predicted molar refractivity (Wildman–Crippen MR) is 134 cm³/mol. The normalized spacial score (nSPS) is 15.1. The second-order valence-electron chi connectivity index (χ2n) is 8.90. The van der Waals surface area contributed by atoms with Gasteiger partial charge in [-0.15, -0.1) is 0 Å². The lowest BCUT2D eigenvalue weighted by molar-refractivity contribution is 0.0693. The number of carbonyl (C=O) groups excluding carboxylic acids is 1. The Balaban J connectivity index is 1.76. The Bertz CT molecular complexity index is 1490. The molecule has 7 heteroatoms. The van der Waals surface area contributed by atoms with Crippen LogP contribution < -0.4 is 15.0 Å². The summed E-state index contributed by atoms with van der Waals surface area (Å²) in [5.74, 6) is 0.995. The summed E-state index contributed by atoms with van der Waals surface area (Å²) in [4.78, 5) is 36.1. The Morgan fingerprint density at radius 3 is 2.54 bits per heavy atom. The average Bonchev–Trinajstić information content (AvgIpc) is 2.87. The van der Waals surface area contributed by atoms with Gasteiger partial charge in [-0.05, 0) is 78.7 Å². The number of rotatable bonds is 4. The summed E-state index contributed by atoms with van der Waals surface area (Å²) in [5.41, 5.74) is 5.54. The van der Waals surface area contributed by atoms with Crippen LogP contribution in [-0.2, 0) is 6.42 Å². The molecule has 0 radical (unpaired) electrons. The van der Waals surface area contributed by atoms with Crippen LogP contribution in [0.15, 0.2) is 59.7 Å². The first-order valence-corrected chi connectivity index (χ1v) is 11.5. The number of fused-ring (bicyclic) bond motifs is 2. The van der Waals surface area contributed by atoms with Crippen molar-refractivity contribution in [1.82, 2.24) is 14.9 Å². The molecule has 1 aliphatic heterocycles. The van der Waals surface area contributed by atoms with Gasteiger partial charge in [0.1, 0.15) is 0 Å². The quantitative estimate of drug-likeness (QED) is 0.481. The summed E-state index contributed by atoms with van der Waals surface area (Å²) in [6.45, 7) is 4.46. The van der Waals surface area contributed by atoms with E-state index in [2.05, 4.69) is 9.97 Å². The minimum atomic E-state index is -0.597. The molecular formula is C28H27N3O4. The van der Waals surface area contributed by atoms with Crippen LogP contribution in [0, 0.1) is 13.8 Å². The number of aromatic nitrogens is 2. The largest absolute Gasteiger partial charge is 0.493 e. The first-order chi connectivity index (χ1) is 16.9. The number of benzene rings is 2. The number of H-pyrrole nitrogens is 1. The highest BCUT2D eigenvalue weighted by Gasteiger charge is 2.35. The van der Waals surface area contributed by atoms with Crippen LogP contribution >= 0.6 is 0 Å². The summed E-state index contributed by atoms with van der Waals surface area (Å²) in [7, 11) is 3.18. The Kier molecular flexibility index (Phi) is 5.76. The van der Waals surface area contributed by atoms with Gasteiger partial charge in [0.05, 0.1) is 31.3 Å². The van der Waals surface area contributed by atoms with Crippen molar-refractivity contribution in [3.05, 3.63) is 98.6 Å². The first-order valence-electron chi connectivity index (χ1n) is 11.5. The van der Waals surface area contributed by atoms with Crippen LogP contribution in [-0.4, -0.2) is 41.5 Å². The number of nitrogens with one attached hydrogen (secondary N) is 1. The van der Waals surface area contributed by atoms with E-state index >= 15 is 0 Å². The highest BCUT2D eigenvalue weighted by Crippen LogP contribution is 2.41. The molecule has 2 aromatic carbocycles. The van der Waals surface area contributed by atoms with E-state index in [0.717, 1.165) is 33.2 Å². The summed E-state index contributed by atoms with van der Waals surface area (Å²) >= 11 is 0. The maximum atomic E-state index is 13.7. The third-order valence-electron chi connectivity index (χ3n) is 6.66. The molecule has 1 atom stereocenters. The second-order valence-corrected chi connectivity index (χ2v) is 8.90. The Morgan fingerprint density at radius 2 is 1.83 bits per heavy atom. The van der Waals surface area contributed by atoms with Gasteiger partial charge in [0.15, 0.2) is 11.5 Å². The maximum Gasteiger partial charge on any atom is 0.256 e. The van der Waals surface area contributed by atoms with Gasteiger partial charge < -0.3 is 19.4 Å². The van der Waals surface area contributed by atoms with Gasteiger partial charge in [0.25, 0.3) is 11.5 Å². The number of methoxy groups -OCH3 is 2. The molecule has 1 N–H and O–H groups in total. The molecule has 5 rings (SSSR count). The molecule has 0 aliphatic carbocycles. The van der Waals surface area contributed by atoms with Gasteiger partial charge in [-0.2, -0.15) is 0 Å². The van der Waals surface area contributed by atoms with Crippen molar-refractivity contribution in [3.63, 3.8) is 0 Å². The number of hydrogen-bond acceptors (Lipinski definition) is 5. The average molecular weight is 470 g/mol. The van der Waals surface area contributed by atoms with Crippen LogP contribution in [0.1, 0.15) is 44.2 Å². The van der Waals surface area contributed by atoms with Crippen LogP contribution in [0.3, 0.4) is 0 Å². The number of amides is 1. The molecule has 1 amide bonds. The predicted octanol–water partition coefficient (Wildman–Crippen LogP) is 4.35. The van der Waals surface area contributed by atoms with Gasteiger partial charge in [-0.25, -0.2) is 0 Å². The van der Waals surface area contributed by atoms with Crippen molar-refractivity contribution in [2.75, 3.05) is 20.8 Å². The Labute approximate surface area is 203 Å². The molecule has 0 fully saturated rings. The molecule has 4 aromatic rings. The lowest BCUT2D eigenvalue weighted by Crippen LogP contribution is -2.42. The standard InChI is InChI=1S/C28H27N3O4/c1-16-10-17(2)25-20(11-16)12-22(27(32)30-25)26-21-14-24(35-4)23(34-3)13-18(21)7-9-31(26)28(33)19-6-5-8-29-15-19/h5-6,8,10-15,26H,7,9H2,1-4H3,(H,30,32). The van der Waals surface area contributed by atoms with Crippen LogP contribution in [0.4, 0.5) is 0 Å². The number of pyridine rings is 2. The fourth-order valence-electron chi connectivity index (χ4n) is 5.06. The second kappa shape index (κ2) is 8.91. The van der Waals surface area contributed by atoms with E-state index < -0.39 is 6.04 Å². The molecule has 35 heavy (non-hydrogen) atoms. The molecule has 0 bridgehead atoms. The minimum Gasteiger partial charge on any atom is -0.493 e. The number of aromatic amines is 1. The van der Waals surface area contributed by atoms with Crippen molar-refractivity contribution in [1.29, 1.82) is 0 Å². The van der Waals surface area contributed by atoms with Crippen molar-refractivity contribution in [2.45, 2.75) is 26.3 Å². The number of aryl methyl sites for hydroxylation is 2. The van der Waals surface area contributed by atoms with Crippen LogP contribution in [0.2, 0.25) is 0 Å². The van der Waals surface area contributed by atoms with E-state index in [1.807, 2.05) is 44.2 Å². The molecule has 7 nitrogen and oxygen atoms in total. The van der Waals surface area contributed by atoms with E-state index in [1.165, 1.54) is 0 Å². The molecular weight excluding hydrogens is 442 g/mol. The van der Waals surface area contributed by atoms with Gasteiger partial charge in [0, 0.05) is 24.5 Å². The van der Waals surface area contributed by atoms with Gasteiger partial charge in [-0.1, -0.05) is 11.6 Å². The van der Waals surface area contributed by atoms with Crippen molar-refractivity contribution in [3.8, 4) is 11.5 Å². The molecule has 3 heterocycles. The SMILES string of the molecule is COc1cc2c(cc1OC)C(c1cc3cc(C)cc(C)c3[nH]c1=O)N(C(=O)c1cccnc1)CC2. The lowest BCUT2D eigenvalue weighted by Gasteiger charge is -2.38. The third-order valence-corrected chi connectivity index (χ3v) is 6.66.